The topological polar surface area (TPSA) is 90.9 Å². The van der Waals surface area contributed by atoms with Crippen molar-refractivity contribution in [2.45, 2.75) is 52.4 Å². The number of benzene rings is 1. The van der Waals surface area contributed by atoms with Crippen LogP contribution in [-0.4, -0.2) is 30.6 Å². The molecule has 1 aliphatic rings. The average Bonchev–Trinajstić information content (AvgIpc) is 3.40. The molecule has 2 aromatic heterocycles. The normalized spacial score (nSPS) is 13.9. The van der Waals surface area contributed by atoms with Gasteiger partial charge in [0.15, 0.2) is 11.2 Å². The number of amides is 1. The molecule has 29 heavy (non-hydrogen) atoms. The summed E-state index contributed by atoms with van der Waals surface area (Å²) in [5.74, 6) is -0.0137. The smallest absolute Gasteiger partial charge is 0.333 e. The number of hydrogen-bond acceptors (Lipinski definition) is 4. The molecule has 8 nitrogen and oxygen atoms in total. The highest BCUT2D eigenvalue weighted by molar-refractivity contribution is 5.77. The van der Waals surface area contributed by atoms with Crippen molar-refractivity contribution in [3.63, 3.8) is 0 Å². The Kier molecular flexibility index (Phi) is 5.08. The molecule has 3 aromatic rings. The van der Waals surface area contributed by atoms with E-state index in [9.17, 15) is 14.4 Å². The van der Waals surface area contributed by atoms with E-state index in [1.165, 1.54) is 4.57 Å². The first-order valence-corrected chi connectivity index (χ1v) is 9.96. The average molecular weight is 395 g/mol. The van der Waals surface area contributed by atoms with Gasteiger partial charge < -0.3 is 9.88 Å². The zero-order valence-corrected chi connectivity index (χ0v) is 16.7. The van der Waals surface area contributed by atoms with Crippen molar-refractivity contribution in [3.05, 3.63) is 63.1 Å². The first kappa shape index (κ1) is 19.2. The van der Waals surface area contributed by atoms with Crippen LogP contribution >= 0.6 is 0 Å². The third-order valence-electron chi connectivity index (χ3n) is 4.97. The van der Waals surface area contributed by atoms with E-state index < -0.39 is 11.2 Å². The van der Waals surface area contributed by atoms with Crippen LogP contribution in [0, 0.1) is 5.92 Å². The lowest BCUT2D eigenvalue weighted by Gasteiger charge is -2.13. The maximum Gasteiger partial charge on any atom is 0.333 e. The molecule has 152 valence electrons. The van der Waals surface area contributed by atoms with Gasteiger partial charge >= 0.3 is 5.69 Å². The van der Waals surface area contributed by atoms with Crippen molar-refractivity contribution in [1.82, 2.24) is 24.0 Å². The quantitative estimate of drug-likeness (QED) is 0.654. The lowest BCUT2D eigenvalue weighted by Crippen LogP contribution is -2.44. The Labute approximate surface area is 167 Å². The summed E-state index contributed by atoms with van der Waals surface area (Å²) < 4.78 is 4.29. The third-order valence-corrected chi connectivity index (χ3v) is 4.97. The SMILES string of the molecule is CC(C)Cn1cnc2c1c(=O)n(CC(=O)NC1CC1)c(=O)n2Cc1ccccc1. The molecule has 1 aromatic carbocycles. The van der Waals surface area contributed by atoms with Gasteiger partial charge in [-0.2, -0.15) is 0 Å². The molecule has 1 N–H and O–H groups in total. The first-order valence-electron chi connectivity index (χ1n) is 9.96. The van der Waals surface area contributed by atoms with E-state index in [0.29, 0.717) is 23.6 Å². The molecule has 2 heterocycles. The predicted octanol–water partition coefficient (Wildman–Crippen LogP) is 1.34. The molecule has 8 heteroatoms. The highest BCUT2D eigenvalue weighted by atomic mass is 16.2. The molecule has 0 atom stereocenters. The van der Waals surface area contributed by atoms with Crippen LogP contribution in [0.2, 0.25) is 0 Å². The number of nitrogens with one attached hydrogen (secondary N) is 1. The fourth-order valence-corrected chi connectivity index (χ4v) is 3.46. The van der Waals surface area contributed by atoms with Gasteiger partial charge in [0, 0.05) is 12.6 Å². The molecule has 1 aliphatic carbocycles. The van der Waals surface area contributed by atoms with E-state index in [0.717, 1.165) is 23.0 Å². The van der Waals surface area contributed by atoms with E-state index in [4.69, 9.17) is 0 Å². The minimum atomic E-state index is -0.521. The summed E-state index contributed by atoms with van der Waals surface area (Å²) in [7, 11) is 0. The van der Waals surface area contributed by atoms with Gasteiger partial charge in [-0.25, -0.2) is 14.3 Å². The Morgan fingerprint density at radius 1 is 1.17 bits per heavy atom. The summed E-state index contributed by atoms with van der Waals surface area (Å²) in [5, 5.41) is 2.85. The molecule has 1 saturated carbocycles. The zero-order valence-electron chi connectivity index (χ0n) is 16.7. The van der Waals surface area contributed by atoms with Gasteiger partial charge in [-0.15, -0.1) is 0 Å². The summed E-state index contributed by atoms with van der Waals surface area (Å²) >= 11 is 0. The van der Waals surface area contributed by atoms with Gasteiger partial charge in [-0.05, 0) is 24.3 Å². The van der Waals surface area contributed by atoms with Gasteiger partial charge in [0.05, 0.1) is 12.9 Å². The molecular weight excluding hydrogens is 370 g/mol. The molecule has 1 fully saturated rings. The van der Waals surface area contributed by atoms with Crippen LogP contribution in [0.3, 0.4) is 0 Å². The number of nitrogens with zero attached hydrogens (tertiary/aromatic N) is 4. The zero-order chi connectivity index (χ0) is 20.5. The lowest BCUT2D eigenvalue weighted by molar-refractivity contribution is -0.121. The van der Waals surface area contributed by atoms with Crippen LogP contribution in [-0.2, 0) is 24.4 Å². The maximum atomic E-state index is 13.2. The second-order valence-corrected chi connectivity index (χ2v) is 8.05. The van der Waals surface area contributed by atoms with E-state index in [1.54, 1.807) is 10.9 Å². The van der Waals surface area contributed by atoms with Crippen LogP contribution in [0.25, 0.3) is 11.2 Å². The van der Waals surface area contributed by atoms with E-state index in [-0.39, 0.29) is 25.0 Å². The molecule has 0 saturated heterocycles. The van der Waals surface area contributed by atoms with Gasteiger partial charge in [0.25, 0.3) is 5.56 Å². The Bertz CT molecular complexity index is 1150. The third kappa shape index (κ3) is 4.01. The molecule has 4 rings (SSSR count). The van der Waals surface area contributed by atoms with Crippen LogP contribution in [0.5, 0.6) is 0 Å². The van der Waals surface area contributed by atoms with Crippen molar-refractivity contribution >= 4 is 17.1 Å². The van der Waals surface area contributed by atoms with Gasteiger partial charge in [0.2, 0.25) is 5.91 Å². The summed E-state index contributed by atoms with van der Waals surface area (Å²) in [6, 6.07) is 9.70. The maximum absolute atomic E-state index is 13.2. The first-order chi connectivity index (χ1) is 13.9. The van der Waals surface area contributed by atoms with Crippen molar-refractivity contribution in [3.8, 4) is 0 Å². The Hall–Kier alpha value is -3.16. The second kappa shape index (κ2) is 7.69. The number of carbonyl (C=O) groups excluding carboxylic acids is 1. The van der Waals surface area contributed by atoms with E-state index in [1.807, 2.05) is 44.2 Å². The van der Waals surface area contributed by atoms with Crippen molar-refractivity contribution in [2.75, 3.05) is 0 Å². The molecule has 0 aliphatic heterocycles. The number of fused-ring (bicyclic) bond motifs is 1. The molecule has 0 unspecified atom stereocenters. The van der Waals surface area contributed by atoms with Crippen molar-refractivity contribution in [2.24, 2.45) is 5.92 Å². The highest BCUT2D eigenvalue weighted by Crippen LogP contribution is 2.18. The largest absolute Gasteiger partial charge is 0.352 e. The number of hydrogen-bond donors (Lipinski definition) is 1. The fraction of sp³-hybridized carbons (Fsp3) is 0.429. The van der Waals surface area contributed by atoms with Crippen molar-refractivity contribution < 1.29 is 4.79 Å². The molecular formula is C21H25N5O3. The second-order valence-electron chi connectivity index (χ2n) is 8.05. The minimum Gasteiger partial charge on any atom is -0.352 e. The highest BCUT2D eigenvalue weighted by Gasteiger charge is 2.25. The van der Waals surface area contributed by atoms with Gasteiger partial charge in [-0.3, -0.25) is 14.2 Å². The number of carbonyl (C=O) groups is 1. The number of imidazole rings is 1. The van der Waals surface area contributed by atoms with E-state index >= 15 is 0 Å². The minimum absolute atomic E-state index is 0.167. The predicted molar refractivity (Wildman–Crippen MR) is 110 cm³/mol. The standard InChI is InChI=1S/C21H25N5O3/c1-14(2)10-24-13-22-19-18(24)20(28)26(12-17(27)23-16-8-9-16)21(29)25(19)11-15-6-4-3-5-7-15/h3-7,13-14,16H,8-12H2,1-2H3,(H,23,27). The summed E-state index contributed by atoms with van der Waals surface area (Å²) in [6.45, 7) is 4.69. The molecule has 1 amide bonds. The van der Waals surface area contributed by atoms with Gasteiger partial charge in [-0.1, -0.05) is 44.2 Å². The van der Waals surface area contributed by atoms with Gasteiger partial charge in [0.1, 0.15) is 6.54 Å². The monoisotopic (exact) mass is 395 g/mol. The fourth-order valence-electron chi connectivity index (χ4n) is 3.46. The number of rotatable bonds is 7. The molecule has 0 bridgehead atoms. The Morgan fingerprint density at radius 2 is 1.90 bits per heavy atom. The van der Waals surface area contributed by atoms with Crippen LogP contribution < -0.4 is 16.6 Å². The molecule has 0 radical (unpaired) electrons. The van der Waals surface area contributed by atoms with Crippen LogP contribution in [0.15, 0.2) is 46.2 Å². The van der Waals surface area contributed by atoms with Crippen LogP contribution in [0.4, 0.5) is 0 Å². The van der Waals surface area contributed by atoms with E-state index in [2.05, 4.69) is 10.3 Å². The summed E-state index contributed by atoms with van der Waals surface area (Å²) in [4.78, 5) is 43.0. The van der Waals surface area contributed by atoms with Crippen molar-refractivity contribution in [1.29, 1.82) is 0 Å². The summed E-state index contributed by atoms with van der Waals surface area (Å²) in [5.41, 5.74) is 0.629. The molecule has 0 spiro atoms. The lowest BCUT2D eigenvalue weighted by atomic mass is 10.2. The number of aromatic nitrogens is 4. The Morgan fingerprint density at radius 3 is 2.55 bits per heavy atom. The van der Waals surface area contributed by atoms with Crippen LogP contribution in [0.1, 0.15) is 32.3 Å². The Balaban J connectivity index is 1.85. The summed E-state index contributed by atoms with van der Waals surface area (Å²) in [6.07, 6.45) is 3.49.